The molecule has 10 aromatic rings. The van der Waals surface area contributed by atoms with Crippen molar-refractivity contribution in [2.75, 3.05) is 53.2 Å². The number of carbonyl (C=O) groups is 5. The molecule has 1 aromatic heterocycles. The third-order valence-electron chi connectivity index (χ3n) is 19.0. The van der Waals surface area contributed by atoms with Gasteiger partial charge in [0, 0.05) is 84.8 Å². The van der Waals surface area contributed by atoms with E-state index in [0.717, 1.165) is 119 Å². The molecule has 21 heteroatoms. The maximum atomic E-state index is 13.3. The van der Waals surface area contributed by atoms with E-state index in [2.05, 4.69) is 123 Å². The Morgan fingerprint density at radius 3 is 1.95 bits per heavy atom. The Labute approximate surface area is 653 Å². The van der Waals surface area contributed by atoms with E-state index in [4.69, 9.17) is 4.99 Å². The SMILES string of the molecule is CCCCN1c2ccc(C3=C(C#N)C(=O)N(Cc4ccccc4)C3=O)cc2C(C)=CC1(C)C.CCN(CC)c1ccc(N=C2C=C(C(=O)NC)C(=O)c3ccccc32)cc1.CCN(Cc1ccccc1)c1ccc(N=Nc2snc(C)c2C#N)c(NC(=O)C(C)C)c1.Oc1ccc2ccccc2c1N=Nc1ccccc1. The minimum atomic E-state index is -0.531. The standard InChI is InChI=1S/C28H29N3O2.C24H26N6OS.C22H23N3O2.C16H12N2O/c1-5-6-14-31-24-13-12-21(15-22(24)19(2)16-28(31,3)4)25-23(17-29)26(32)30(27(25)33)18-20-10-8-7-9-11-20;1-5-30(15-18-9-7-6-8-10-18)19-11-12-21(22(13-19)26-23(31)16(2)3)27-28-24-20(14-25)17(4)29-32-24;1-4-25(5-2)16-12-10-15(11-13-16)24-20-14-19(22(27)23-3)21(26)18-9-7-6-8-17(18)20;19-15-11-10-12-6-4-5-9-14(12)16(15)18-17-13-7-2-1-3-8-13/h7-13,15-16H,5-6,14,18H2,1-4H3;6-13,16H,5,15H2,1-4H3,(H,26,31);6-14H,4-5H2,1-3H3,(H,23,27);1-11,19H. The van der Waals surface area contributed by atoms with Crippen LogP contribution in [-0.4, -0.2) is 88.3 Å². The van der Waals surface area contributed by atoms with Crippen LogP contribution in [0.3, 0.4) is 0 Å². The van der Waals surface area contributed by atoms with Gasteiger partial charge in [0.15, 0.2) is 10.8 Å². The zero-order valence-corrected chi connectivity index (χ0v) is 65.2. The summed E-state index contributed by atoms with van der Waals surface area (Å²) in [6, 6.07) is 71.2. The summed E-state index contributed by atoms with van der Waals surface area (Å²) in [5, 5.41) is 53.8. The molecule has 13 rings (SSSR count). The number of phenolic OH excluding ortho intramolecular Hbond substituents is 1. The molecule has 1 aliphatic carbocycles. The third-order valence-corrected chi connectivity index (χ3v) is 19.8. The third kappa shape index (κ3) is 19.4. The first kappa shape index (κ1) is 80.4. The number of amides is 4. The van der Waals surface area contributed by atoms with Crippen LogP contribution in [0.25, 0.3) is 21.9 Å². The predicted octanol–water partition coefficient (Wildman–Crippen LogP) is 20.2. The normalized spacial score (nSPS) is 13.7. The highest BCUT2D eigenvalue weighted by Crippen LogP contribution is 2.43. The van der Waals surface area contributed by atoms with Crippen molar-refractivity contribution >= 4 is 119 Å². The van der Waals surface area contributed by atoms with E-state index in [1.54, 1.807) is 31.2 Å². The smallest absolute Gasteiger partial charge is 0.272 e. The molecule has 562 valence electrons. The number of allylic oxidation sites excluding steroid dienone is 2. The van der Waals surface area contributed by atoms with Crippen LogP contribution in [0.4, 0.5) is 50.5 Å². The maximum Gasteiger partial charge on any atom is 0.272 e. The van der Waals surface area contributed by atoms with Crippen molar-refractivity contribution in [3.63, 3.8) is 0 Å². The van der Waals surface area contributed by atoms with Gasteiger partial charge in [0.1, 0.15) is 40.4 Å². The second-order valence-corrected chi connectivity index (χ2v) is 28.0. The summed E-state index contributed by atoms with van der Waals surface area (Å²) >= 11 is 1.13. The number of nitrogens with one attached hydrogen (secondary N) is 2. The number of phenols is 1. The molecule has 3 aliphatic rings. The van der Waals surface area contributed by atoms with Crippen LogP contribution >= 0.6 is 11.5 Å². The van der Waals surface area contributed by atoms with E-state index in [-0.39, 0.29) is 52.2 Å². The second-order valence-electron chi connectivity index (χ2n) is 27.3. The van der Waals surface area contributed by atoms with Crippen LogP contribution in [0.1, 0.15) is 125 Å². The van der Waals surface area contributed by atoms with Crippen molar-refractivity contribution in [2.45, 2.75) is 101 Å². The second kappa shape index (κ2) is 37.6. The number of hydrogen-bond donors (Lipinski definition) is 3. The zero-order valence-electron chi connectivity index (χ0n) is 64.4. The number of aliphatic imine (C=N–C) groups is 1. The Balaban J connectivity index is 0.000000160. The van der Waals surface area contributed by atoms with Gasteiger partial charge in [0.2, 0.25) is 5.91 Å². The zero-order chi connectivity index (χ0) is 79.3. The monoisotopic (exact) mass is 1490 g/mol. The molecule has 0 bridgehead atoms. The van der Waals surface area contributed by atoms with Crippen molar-refractivity contribution in [3.8, 4) is 17.9 Å². The molecule has 4 amide bonds. The van der Waals surface area contributed by atoms with Gasteiger partial charge in [0.25, 0.3) is 17.7 Å². The Kier molecular flexibility index (Phi) is 27.3. The summed E-state index contributed by atoms with van der Waals surface area (Å²) in [6.07, 6.45) is 6.01. The topological polar surface area (TPSA) is 265 Å². The fourth-order valence-electron chi connectivity index (χ4n) is 13.0. The van der Waals surface area contributed by atoms with Gasteiger partial charge in [-0.1, -0.05) is 173 Å². The molecule has 9 aromatic carbocycles. The lowest BCUT2D eigenvalue weighted by molar-refractivity contribution is -0.137. The van der Waals surface area contributed by atoms with E-state index < -0.39 is 17.7 Å². The quantitative estimate of drug-likeness (QED) is 0.0344. The maximum absolute atomic E-state index is 13.3. The molecular formula is C90H90N14O6S. The van der Waals surface area contributed by atoms with Crippen molar-refractivity contribution in [3.05, 3.63) is 280 Å². The van der Waals surface area contributed by atoms with E-state index in [0.29, 0.717) is 50.2 Å². The molecule has 0 atom stereocenters. The number of rotatable bonds is 21. The lowest BCUT2D eigenvalue weighted by Crippen LogP contribution is -2.45. The summed E-state index contributed by atoms with van der Waals surface area (Å²) in [5.41, 5.74) is 14.2. The average molecular weight is 1500 g/mol. The number of aromatic hydroxyl groups is 1. The molecule has 2 aliphatic heterocycles. The molecule has 0 unspecified atom stereocenters. The van der Waals surface area contributed by atoms with Gasteiger partial charge < -0.3 is 30.4 Å². The number of azo groups is 2. The van der Waals surface area contributed by atoms with E-state index in [1.165, 1.54) is 17.5 Å². The minimum absolute atomic E-state index is 0.0866. The van der Waals surface area contributed by atoms with Crippen LogP contribution < -0.4 is 25.3 Å². The number of benzene rings is 9. The Hall–Kier alpha value is -13.1. The number of carbonyl (C=O) groups excluding carboxylic acids is 5. The fourth-order valence-corrected chi connectivity index (χ4v) is 13.7. The van der Waals surface area contributed by atoms with Crippen molar-refractivity contribution in [2.24, 2.45) is 31.4 Å². The van der Waals surface area contributed by atoms with Crippen molar-refractivity contribution in [1.82, 2.24) is 14.6 Å². The first-order valence-electron chi connectivity index (χ1n) is 37.0. The number of nitrogens with zero attached hydrogens (tertiary/aromatic N) is 12. The van der Waals surface area contributed by atoms with Crippen molar-refractivity contribution < 1.29 is 29.1 Å². The summed E-state index contributed by atoms with van der Waals surface area (Å²) in [6.45, 7) is 25.0. The van der Waals surface area contributed by atoms with Gasteiger partial charge in [-0.3, -0.25) is 28.9 Å². The lowest BCUT2D eigenvalue weighted by atomic mass is 9.86. The number of imide groups is 1. The molecule has 3 heterocycles. The van der Waals surface area contributed by atoms with Gasteiger partial charge in [-0.2, -0.15) is 20.0 Å². The predicted molar refractivity (Wildman–Crippen MR) is 445 cm³/mol. The first-order chi connectivity index (χ1) is 53.6. The number of nitriles is 2. The van der Waals surface area contributed by atoms with E-state index >= 15 is 0 Å². The fraction of sp³-hybridized carbons (Fsp3) is 0.233. The number of likely N-dealkylation sites (N-methyl/N-ethyl adjacent to an activating group) is 1. The highest BCUT2D eigenvalue weighted by atomic mass is 32.1. The van der Waals surface area contributed by atoms with Gasteiger partial charge in [0.05, 0.1) is 51.7 Å². The van der Waals surface area contributed by atoms with Crippen molar-refractivity contribution in [1.29, 1.82) is 10.5 Å². The van der Waals surface area contributed by atoms with Gasteiger partial charge in [-0.05, 0) is 173 Å². The number of unbranched alkanes of at least 4 members (excludes halogenated alkanes) is 1. The van der Waals surface area contributed by atoms with Crippen LogP contribution in [0.2, 0.25) is 0 Å². The molecule has 20 nitrogen and oxygen atoms in total. The number of anilines is 4. The molecule has 111 heavy (non-hydrogen) atoms. The average Bonchev–Trinajstić information content (AvgIpc) is 1.73. The number of ketones is 1. The van der Waals surface area contributed by atoms with Gasteiger partial charge in [-0.15, -0.1) is 15.3 Å². The number of aromatic nitrogens is 1. The van der Waals surface area contributed by atoms with Crippen LogP contribution in [0, 0.1) is 35.5 Å². The summed E-state index contributed by atoms with van der Waals surface area (Å²) in [4.78, 5) is 76.2. The van der Waals surface area contributed by atoms with Crippen LogP contribution in [-0.2, 0) is 32.3 Å². The molecule has 3 N–H and O–H groups in total. The number of hydrogen-bond acceptors (Lipinski definition) is 18. The molecule has 0 saturated heterocycles. The summed E-state index contributed by atoms with van der Waals surface area (Å²) in [7, 11) is 1.51. The Morgan fingerprint density at radius 2 is 1.30 bits per heavy atom. The lowest BCUT2D eigenvalue weighted by Gasteiger charge is -2.43. The molecule has 0 spiro atoms. The van der Waals surface area contributed by atoms with Crippen LogP contribution in [0.15, 0.2) is 261 Å². The minimum Gasteiger partial charge on any atom is -0.506 e. The number of Topliss-reactive ketones (excluding diaryl/α,β-unsaturated/α-hetero) is 1. The molecule has 0 saturated carbocycles. The number of aryl methyl sites for hydroxylation is 1. The summed E-state index contributed by atoms with van der Waals surface area (Å²) < 4.78 is 4.17. The van der Waals surface area contributed by atoms with E-state index in [9.17, 15) is 39.6 Å². The van der Waals surface area contributed by atoms with Gasteiger partial charge in [-0.25, -0.2) is 4.99 Å². The van der Waals surface area contributed by atoms with Gasteiger partial charge >= 0.3 is 0 Å². The largest absolute Gasteiger partial charge is 0.506 e. The Bertz CT molecular complexity index is 5340. The van der Waals surface area contributed by atoms with Crippen LogP contribution in [0.5, 0.6) is 5.75 Å². The van der Waals surface area contributed by atoms with E-state index in [1.807, 2.05) is 202 Å². The summed E-state index contributed by atoms with van der Waals surface area (Å²) in [5.74, 6) is -1.77. The molecule has 0 fully saturated rings. The first-order valence-corrected chi connectivity index (χ1v) is 37.8. The highest BCUT2D eigenvalue weighted by molar-refractivity contribution is 7.10. The Morgan fingerprint density at radius 1 is 0.658 bits per heavy atom. The highest BCUT2D eigenvalue weighted by Gasteiger charge is 2.40. The number of fused-ring (bicyclic) bond motifs is 3. The molecular weight excluding hydrogens is 1410 g/mol. The molecule has 0 radical (unpaired) electrons.